The molecule has 1 aromatic carbocycles. The van der Waals surface area contributed by atoms with E-state index in [0.29, 0.717) is 0 Å². The largest absolute Gasteiger partial charge is 0.375 e. The van der Waals surface area contributed by atoms with Crippen LogP contribution in [0.1, 0.15) is 41.9 Å². The Morgan fingerprint density at radius 2 is 1.77 bits per heavy atom. The minimum absolute atomic E-state index is 0.0140. The van der Waals surface area contributed by atoms with Gasteiger partial charge in [-0.05, 0) is 56.6 Å². The first-order valence-electron chi connectivity index (χ1n) is 11.3. The Morgan fingerprint density at radius 3 is 2.45 bits per heavy atom. The maximum Gasteiger partial charge on any atom is 0.255 e. The fraction of sp³-hybridized carbons (Fsp3) is 0.542. The van der Waals surface area contributed by atoms with Crippen LogP contribution in [-0.2, 0) is 11.3 Å². The van der Waals surface area contributed by atoms with E-state index in [1.165, 1.54) is 5.69 Å². The summed E-state index contributed by atoms with van der Waals surface area (Å²) in [6, 6.07) is 10.1. The van der Waals surface area contributed by atoms with Gasteiger partial charge < -0.3 is 19.1 Å². The number of ether oxygens (including phenoxy) is 1. The number of carbonyl (C=O) groups excluding carboxylic acids is 1. The molecule has 6 nitrogen and oxygen atoms in total. The quantitative estimate of drug-likeness (QED) is 0.649. The second-order valence-electron chi connectivity index (χ2n) is 8.36. The first-order chi connectivity index (χ1) is 15.1. The van der Waals surface area contributed by atoms with Gasteiger partial charge in [-0.15, -0.1) is 0 Å². The van der Waals surface area contributed by atoms with E-state index < -0.39 is 0 Å². The third kappa shape index (κ3) is 4.92. The van der Waals surface area contributed by atoms with Gasteiger partial charge in [-0.2, -0.15) is 0 Å². The fourth-order valence-electron chi connectivity index (χ4n) is 4.79. The molecule has 0 spiro atoms. The summed E-state index contributed by atoms with van der Waals surface area (Å²) in [5, 5.41) is 0.778. The molecule has 4 rings (SSSR count). The molecular formula is C24H33ClN4O2. The average molecular weight is 445 g/mol. The number of hydrogen-bond acceptors (Lipinski definition) is 4. The number of anilines is 1. The molecule has 0 N–H and O–H groups in total. The number of hydrogen-bond donors (Lipinski definition) is 0. The topological polar surface area (TPSA) is 41.0 Å². The number of nitrogens with zero attached hydrogens (tertiary/aromatic N) is 4. The van der Waals surface area contributed by atoms with Gasteiger partial charge in [0.05, 0.1) is 17.4 Å². The minimum atomic E-state index is -0.0140. The Balaban J connectivity index is 1.28. The van der Waals surface area contributed by atoms with Gasteiger partial charge in [0.1, 0.15) is 0 Å². The number of aryl methyl sites for hydroxylation is 1. The van der Waals surface area contributed by atoms with Crippen LogP contribution in [0.3, 0.4) is 0 Å². The lowest BCUT2D eigenvalue weighted by atomic mass is 10.1. The van der Waals surface area contributed by atoms with Crippen molar-refractivity contribution in [1.82, 2.24) is 14.4 Å². The van der Waals surface area contributed by atoms with E-state index in [1.54, 1.807) is 7.11 Å². The molecule has 1 aromatic heterocycles. The van der Waals surface area contributed by atoms with E-state index in [0.717, 1.165) is 81.5 Å². The molecule has 1 fully saturated rings. The summed E-state index contributed by atoms with van der Waals surface area (Å²) in [6.07, 6.45) is 3.84. The monoisotopic (exact) mass is 444 g/mol. The van der Waals surface area contributed by atoms with Gasteiger partial charge in [0.2, 0.25) is 0 Å². The van der Waals surface area contributed by atoms with Crippen molar-refractivity contribution in [2.75, 3.05) is 57.8 Å². The summed E-state index contributed by atoms with van der Waals surface area (Å²) in [6.45, 7) is 9.66. The zero-order chi connectivity index (χ0) is 21.8. The summed E-state index contributed by atoms with van der Waals surface area (Å²) < 4.78 is 7.87. The molecule has 2 aliphatic rings. The van der Waals surface area contributed by atoms with Gasteiger partial charge in [0.15, 0.2) is 0 Å². The second-order valence-corrected chi connectivity index (χ2v) is 8.80. The van der Waals surface area contributed by atoms with Crippen LogP contribution in [0, 0.1) is 0 Å². The summed E-state index contributed by atoms with van der Waals surface area (Å²) >= 11 is 6.01. The molecule has 2 aliphatic heterocycles. The van der Waals surface area contributed by atoms with Crippen LogP contribution in [0.2, 0.25) is 5.02 Å². The Labute approximate surface area is 190 Å². The van der Waals surface area contributed by atoms with Crippen LogP contribution in [0.4, 0.5) is 5.69 Å². The van der Waals surface area contributed by atoms with Crippen LogP contribution in [-0.4, -0.2) is 73.2 Å². The number of fused-ring (bicyclic) bond motifs is 1. The molecular weight excluding hydrogens is 412 g/mol. The van der Waals surface area contributed by atoms with Gasteiger partial charge in [0.25, 0.3) is 5.91 Å². The smallest absolute Gasteiger partial charge is 0.255 e. The van der Waals surface area contributed by atoms with Gasteiger partial charge in [-0.3, -0.25) is 9.69 Å². The molecule has 1 saturated heterocycles. The number of benzene rings is 1. The molecule has 31 heavy (non-hydrogen) atoms. The molecule has 0 bridgehead atoms. The molecule has 0 radical (unpaired) electrons. The number of methoxy groups -OCH3 is 1. The lowest BCUT2D eigenvalue weighted by molar-refractivity contribution is 0.0687. The van der Waals surface area contributed by atoms with E-state index in [4.69, 9.17) is 16.3 Å². The third-order valence-electron chi connectivity index (χ3n) is 6.58. The van der Waals surface area contributed by atoms with Crippen LogP contribution in [0.15, 0.2) is 36.5 Å². The summed E-state index contributed by atoms with van der Waals surface area (Å²) in [5.74, 6) is 0.148. The van der Waals surface area contributed by atoms with E-state index >= 15 is 0 Å². The summed E-state index contributed by atoms with van der Waals surface area (Å²) in [5.41, 5.74) is 3.08. The fourth-order valence-corrected chi connectivity index (χ4v) is 4.92. The average Bonchev–Trinajstić information content (AvgIpc) is 3.17. The second kappa shape index (κ2) is 10.1. The zero-order valence-corrected chi connectivity index (χ0v) is 19.4. The van der Waals surface area contributed by atoms with Crippen molar-refractivity contribution in [2.45, 2.75) is 32.4 Å². The lowest BCUT2D eigenvalue weighted by Gasteiger charge is -2.36. The van der Waals surface area contributed by atoms with Crippen molar-refractivity contribution in [1.29, 1.82) is 0 Å². The highest BCUT2D eigenvalue weighted by molar-refractivity contribution is 6.30. The highest BCUT2D eigenvalue weighted by atomic mass is 35.5. The van der Waals surface area contributed by atoms with Crippen LogP contribution < -0.4 is 4.90 Å². The molecule has 2 aromatic rings. The Bertz CT molecular complexity index is 874. The van der Waals surface area contributed by atoms with E-state index in [1.807, 2.05) is 29.3 Å². The SMILES string of the molecule is CCn1ccc2c1C(OC)CCN(CCCN1CCN(c3ccc(Cl)cc3)CC1)C2=O. The summed E-state index contributed by atoms with van der Waals surface area (Å²) in [4.78, 5) is 20.1. The number of halogens is 1. The Hall–Kier alpha value is -2.02. The van der Waals surface area contributed by atoms with Crippen molar-refractivity contribution in [3.05, 3.63) is 52.8 Å². The van der Waals surface area contributed by atoms with Crippen LogP contribution in [0.25, 0.3) is 0 Å². The van der Waals surface area contributed by atoms with E-state index in [-0.39, 0.29) is 12.0 Å². The van der Waals surface area contributed by atoms with Crippen molar-refractivity contribution < 1.29 is 9.53 Å². The number of carbonyl (C=O) groups is 1. The number of piperazine rings is 1. The first kappa shape index (κ1) is 22.2. The summed E-state index contributed by atoms with van der Waals surface area (Å²) in [7, 11) is 1.74. The third-order valence-corrected chi connectivity index (χ3v) is 6.83. The van der Waals surface area contributed by atoms with Gasteiger partial charge in [-0.1, -0.05) is 11.6 Å². The number of amides is 1. The number of rotatable bonds is 7. The van der Waals surface area contributed by atoms with Crippen molar-refractivity contribution in [2.24, 2.45) is 0 Å². The maximum absolute atomic E-state index is 13.2. The first-order valence-corrected chi connectivity index (χ1v) is 11.7. The van der Waals surface area contributed by atoms with Gasteiger partial charge in [0, 0.05) is 69.8 Å². The van der Waals surface area contributed by atoms with Crippen molar-refractivity contribution in [3.63, 3.8) is 0 Å². The molecule has 168 valence electrons. The van der Waals surface area contributed by atoms with Gasteiger partial charge >= 0.3 is 0 Å². The Morgan fingerprint density at radius 1 is 1.03 bits per heavy atom. The molecule has 0 saturated carbocycles. The highest BCUT2D eigenvalue weighted by Crippen LogP contribution is 2.30. The maximum atomic E-state index is 13.2. The zero-order valence-electron chi connectivity index (χ0n) is 18.6. The molecule has 0 aliphatic carbocycles. The molecule has 1 unspecified atom stereocenters. The predicted molar refractivity (Wildman–Crippen MR) is 125 cm³/mol. The molecule has 1 amide bonds. The molecule has 1 atom stereocenters. The highest BCUT2D eigenvalue weighted by Gasteiger charge is 2.30. The minimum Gasteiger partial charge on any atom is -0.375 e. The predicted octanol–water partition coefficient (Wildman–Crippen LogP) is 3.91. The lowest BCUT2D eigenvalue weighted by Crippen LogP contribution is -2.47. The molecule has 3 heterocycles. The van der Waals surface area contributed by atoms with Crippen molar-refractivity contribution in [3.8, 4) is 0 Å². The van der Waals surface area contributed by atoms with E-state index in [9.17, 15) is 4.79 Å². The van der Waals surface area contributed by atoms with E-state index in [2.05, 4.69) is 33.4 Å². The van der Waals surface area contributed by atoms with Crippen LogP contribution >= 0.6 is 11.6 Å². The molecule has 7 heteroatoms. The normalized spacial score (nSPS) is 20.1. The van der Waals surface area contributed by atoms with Gasteiger partial charge in [-0.25, -0.2) is 0 Å². The number of aromatic nitrogens is 1. The Kier molecular flexibility index (Phi) is 7.20. The van der Waals surface area contributed by atoms with Crippen LogP contribution in [0.5, 0.6) is 0 Å². The standard InChI is InChI=1S/C24H33ClN4O2/c1-3-27-13-9-21-23(27)22(31-2)10-14-29(24(21)30)12-4-11-26-15-17-28(18-16-26)20-7-5-19(25)6-8-20/h5-9,13,22H,3-4,10-12,14-18H2,1-2H3. The van der Waals surface area contributed by atoms with Crippen molar-refractivity contribution >= 4 is 23.2 Å².